The Hall–Kier alpha value is -6.32. The molecule has 2 heterocycles. The fraction of sp³-hybridized carbons (Fsp3) is 0. The van der Waals surface area contributed by atoms with Gasteiger partial charge in [0.15, 0.2) is 5.58 Å². The van der Waals surface area contributed by atoms with E-state index in [2.05, 4.69) is 179 Å². The van der Waals surface area contributed by atoms with E-state index in [4.69, 9.17) is 4.42 Å². The van der Waals surface area contributed by atoms with Gasteiger partial charge in [-0.25, -0.2) is 0 Å². The highest BCUT2D eigenvalue weighted by Gasteiger charge is 2.22. The van der Waals surface area contributed by atoms with Crippen molar-refractivity contribution >= 4 is 82.4 Å². The first-order valence-corrected chi connectivity index (χ1v) is 16.0. The van der Waals surface area contributed by atoms with Gasteiger partial charge in [-0.3, -0.25) is 0 Å². The summed E-state index contributed by atoms with van der Waals surface area (Å²) in [6, 6.07) is 60.6. The van der Waals surface area contributed by atoms with Gasteiger partial charge in [-0.05, 0) is 88.3 Å². The lowest BCUT2D eigenvalue weighted by molar-refractivity contribution is 0.671. The van der Waals surface area contributed by atoms with Crippen LogP contribution in [0.15, 0.2) is 174 Å². The maximum Gasteiger partial charge on any atom is 0.160 e. The molecule has 0 N–H and O–H groups in total. The highest BCUT2D eigenvalue weighted by molar-refractivity contribution is 6.27. The van der Waals surface area contributed by atoms with Crippen molar-refractivity contribution in [1.29, 1.82) is 0 Å². The summed E-state index contributed by atoms with van der Waals surface area (Å²) < 4.78 is 9.26. The Bertz CT molecular complexity index is 2750. The summed E-state index contributed by atoms with van der Waals surface area (Å²) in [5, 5.41) is 9.54. The van der Waals surface area contributed by atoms with Gasteiger partial charge in [0, 0.05) is 44.3 Å². The molecule has 0 bridgehead atoms. The van der Waals surface area contributed by atoms with Crippen molar-refractivity contribution in [2.75, 3.05) is 4.90 Å². The number of hydrogen-bond acceptors (Lipinski definition) is 2. The van der Waals surface area contributed by atoms with Crippen LogP contribution in [0.5, 0.6) is 0 Å². The molecule has 0 spiro atoms. The van der Waals surface area contributed by atoms with Crippen molar-refractivity contribution in [3.8, 4) is 5.69 Å². The lowest BCUT2D eigenvalue weighted by atomic mass is 10.0. The molecule has 0 atom stereocenters. The summed E-state index contributed by atoms with van der Waals surface area (Å²) in [5.74, 6) is 0. The highest BCUT2D eigenvalue weighted by atomic mass is 16.3. The number of fused-ring (bicyclic) bond motifs is 10. The third-order valence-corrected chi connectivity index (χ3v) is 9.52. The van der Waals surface area contributed by atoms with Crippen LogP contribution < -0.4 is 4.90 Å². The highest BCUT2D eigenvalue weighted by Crippen LogP contribution is 2.44. The van der Waals surface area contributed by atoms with Crippen LogP contribution in [0, 0.1) is 0 Å². The van der Waals surface area contributed by atoms with Crippen LogP contribution in [-0.2, 0) is 0 Å². The number of hydrogen-bond donors (Lipinski definition) is 0. The molecule has 0 radical (unpaired) electrons. The van der Waals surface area contributed by atoms with Crippen molar-refractivity contribution in [2.45, 2.75) is 0 Å². The monoisotopic (exact) mass is 600 g/mol. The van der Waals surface area contributed by atoms with Crippen molar-refractivity contribution in [3.05, 3.63) is 170 Å². The van der Waals surface area contributed by atoms with E-state index in [1.807, 2.05) is 0 Å². The van der Waals surface area contributed by atoms with Crippen molar-refractivity contribution < 1.29 is 4.42 Å². The van der Waals surface area contributed by atoms with E-state index in [0.29, 0.717) is 0 Å². The molecule has 0 unspecified atom stereocenters. The van der Waals surface area contributed by atoms with Crippen molar-refractivity contribution in [1.82, 2.24) is 4.57 Å². The maximum absolute atomic E-state index is 6.86. The van der Waals surface area contributed by atoms with Gasteiger partial charge in [-0.15, -0.1) is 0 Å². The Morgan fingerprint density at radius 3 is 1.87 bits per heavy atom. The van der Waals surface area contributed by atoms with E-state index >= 15 is 0 Å². The van der Waals surface area contributed by atoms with E-state index in [1.165, 1.54) is 37.8 Å². The number of aromatic nitrogens is 1. The Kier molecular flexibility index (Phi) is 5.57. The Labute approximate surface area is 271 Å². The second-order valence-corrected chi connectivity index (χ2v) is 12.2. The third-order valence-electron chi connectivity index (χ3n) is 9.52. The van der Waals surface area contributed by atoms with E-state index in [0.717, 1.165) is 50.2 Å². The summed E-state index contributed by atoms with van der Waals surface area (Å²) >= 11 is 0. The van der Waals surface area contributed by atoms with Crippen LogP contribution in [0.1, 0.15) is 0 Å². The van der Waals surface area contributed by atoms with Gasteiger partial charge in [0.25, 0.3) is 0 Å². The molecule has 0 aliphatic rings. The normalized spacial score (nSPS) is 11.8. The van der Waals surface area contributed by atoms with E-state index in [-0.39, 0.29) is 0 Å². The average molecular weight is 601 g/mol. The van der Waals surface area contributed by atoms with Crippen LogP contribution >= 0.6 is 0 Å². The molecule has 10 rings (SSSR count). The number of benzene rings is 8. The van der Waals surface area contributed by atoms with Gasteiger partial charge in [0.05, 0.1) is 11.0 Å². The van der Waals surface area contributed by atoms with Gasteiger partial charge in [-0.2, -0.15) is 0 Å². The van der Waals surface area contributed by atoms with Gasteiger partial charge < -0.3 is 13.9 Å². The van der Waals surface area contributed by atoms with Crippen molar-refractivity contribution in [3.63, 3.8) is 0 Å². The zero-order chi connectivity index (χ0) is 30.9. The third kappa shape index (κ3) is 3.93. The summed E-state index contributed by atoms with van der Waals surface area (Å²) in [4.78, 5) is 2.30. The van der Waals surface area contributed by atoms with Crippen LogP contribution in [0.2, 0.25) is 0 Å². The number of nitrogens with zero attached hydrogens (tertiary/aromatic N) is 2. The zero-order valence-corrected chi connectivity index (χ0v) is 25.5. The zero-order valence-electron chi connectivity index (χ0n) is 25.5. The Balaban J connectivity index is 1.29. The number of rotatable bonds is 4. The van der Waals surface area contributed by atoms with Gasteiger partial charge in [0.2, 0.25) is 0 Å². The van der Waals surface area contributed by atoms with Crippen LogP contribution in [0.4, 0.5) is 17.1 Å². The second kappa shape index (κ2) is 10.1. The summed E-state index contributed by atoms with van der Waals surface area (Å²) in [6.45, 7) is 0. The quantitative estimate of drug-likeness (QED) is 0.200. The molecule has 0 fully saturated rings. The first-order valence-electron chi connectivity index (χ1n) is 16.0. The minimum atomic E-state index is 0.873. The average Bonchev–Trinajstić information content (AvgIpc) is 3.68. The fourth-order valence-electron chi connectivity index (χ4n) is 7.41. The van der Waals surface area contributed by atoms with Crippen LogP contribution in [0.25, 0.3) is 71.0 Å². The van der Waals surface area contributed by atoms with E-state index in [1.54, 1.807) is 0 Å². The topological polar surface area (TPSA) is 21.3 Å². The second-order valence-electron chi connectivity index (χ2n) is 12.2. The first kappa shape index (κ1) is 26.0. The Morgan fingerprint density at radius 2 is 1.09 bits per heavy atom. The Morgan fingerprint density at radius 1 is 0.426 bits per heavy atom. The molecule has 0 aliphatic carbocycles. The number of furan rings is 1. The molecule has 0 aliphatic heterocycles. The molecule has 2 aromatic heterocycles. The minimum absolute atomic E-state index is 0.873. The predicted octanol–water partition coefficient (Wildman–Crippen LogP) is 12.5. The number of para-hydroxylation sites is 2. The molecule has 47 heavy (non-hydrogen) atoms. The number of anilines is 3. The fourth-order valence-corrected chi connectivity index (χ4v) is 7.41. The summed E-state index contributed by atoms with van der Waals surface area (Å²) in [5.41, 5.74) is 8.44. The molecule has 10 aromatic rings. The largest absolute Gasteiger partial charge is 0.454 e. The standard InChI is InChI=1S/C44H28N2O/c1-3-14-32(15-4-1)45(33-16-5-2-6-17-33)35-22-26-41-39(28-35)37-23-24-38-42-36-18-10-9-12-30(36)20-25-40(42)46(43(38)44(37)47-41)34-21-19-29-11-7-8-13-31(29)27-34/h1-28H. The maximum atomic E-state index is 6.86. The molecule has 3 nitrogen and oxygen atoms in total. The van der Waals surface area contributed by atoms with Crippen molar-refractivity contribution in [2.24, 2.45) is 0 Å². The SMILES string of the molecule is c1ccc(N(c2ccccc2)c2ccc3oc4c(ccc5c6c7ccccc7ccc6n(-c6ccc7ccccc7c6)c54)c3c2)cc1. The lowest BCUT2D eigenvalue weighted by Gasteiger charge is -2.25. The molecular weight excluding hydrogens is 572 g/mol. The van der Waals surface area contributed by atoms with E-state index in [9.17, 15) is 0 Å². The first-order chi connectivity index (χ1) is 23.3. The molecule has 0 amide bonds. The predicted molar refractivity (Wildman–Crippen MR) is 198 cm³/mol. The molecule has 220 valence electrons. The lowest BCUT2D eigenvalue weighted by Crippen LogP contribution is -2.09. The summed E-state index contributed by atoms with van der Waals surface area (Å²) in [7, 11) is 0. The minimum Gasteiger partial charge on any atom is -0.454 e. The van der Waals surface area contributed by atoms with Crippen LogP contribution in [-0.4, -0.2) is 4.57 Å². The summed E-state index contributed by atoms with van der Waals surface area (Å²) in [6.07, 6.45) is 0. The smallest absolute Gasteiger partial charge is 0.160 e. The van der Waals surface area contributed by atoms with Gasteiger partial charge in [-0.1, -0.05) is 103 Å². The molecule has 3 heteroatoms. The molecular formula is C44H28N2O. The van der Waals surface area contributed by atoms with Gasteiger partial charge >= 0.3 is 0 Å². The van der Waals surface area contributed by atoms with Gasteiger partial charge in [0.1, 0.15) is 5.58 Å². The molecule has 0 saturated heterocycles. The van der Waals surface area contributed by atoms with E-state index < -0.39 is 0 Å². The molecule has 8 aromatic carbocycles. The molecule has 0 saturated carbocycles. The van der Waals surface area contributed by atoms with Crippen LogP contribution in [0.3, 0.4) is 0 Å².